The van der Waals surface area contributed by atoms with Crippen molar-refractivity contribution in [2.45, 2.75) is 19.9 Å². The Labute approximate surface area is 106 Å². The van der Waals surface area contributed by atoms with Crippen molar-refractivity contribution in [3.63, 3.8) is 0 Å². The quantitative estimate of drug-likeness (QED) is 0.779. The van der Waals surface area contributed by atoms with E-state index in [1.807, 2.05) is 11.8 Å². The lowest BCUT2D eigenvalue weighted by atomic mass is 10.1. The highest BCUT2D eigenvalue weighted by Gasteiger charge is 2.11. The van der Waals surface area contributed by atoms with Crippen LogP contribution in [-0.4, -0.2) is 40.8 Å². The lowest BCUT2D eigenvalue weighted by Crippen LogP contribution is -2.27. The molecule has 0 aromatic heterocycles. The number of aliphatic hydroxyl groups excluding tert-OH is 1. The molecule has 0 aliphatic heterocycles. The zero-order valence-electron chi connectivity index (χ0n) is 10.4. The highest BCUT2D eigenvalue weighted by molar-refractivity contribution is 5.87. The summed E-state index contributed by atoms with van der Waals surface area (Å²) in [6.45, 7) is 3.92. The van der Waals surface area contributed by atoms with Crippen molar-refractivity contribution in [3.05, 3.63) is 35.1 Å². The van der Waals surface area contributed by atoms with Crippen LogP contribution in [0.2, 0.25) is 0 Å². The zero-order valence-corrected chi connectivity index (χ0v) is 10.4. The van der Waals surface area contributed by atoms with Crippen LogP contribution >= 0.6 is 0 Å². The Morgan fingerprint density at radius 2 is 2.11 bits per heavy atom. The third-order valence-electron chi connectivity index (χ3n) is 2.63. The van der Waals surface area contributed by atoms with Crippen molar-refractivity contribution < 1.29 is 19.4 Å². The van der Waals surface area contributed by atoms with Crippen LogP contribution in [-0.2, 0) is 6.54 Å². The third kappa shape index (κ3) is 4.09. The van der Waals surface area contributed by atoms with Crippen molar-refractivity contribution in [3.8, 4) is 0 Å². The first-order chi connectivity index (χ1) is 8.58. The first-order valence-corrected chi connectivity index (χ1v) is 5.93. The number of carboxylic acid groups (broad SMARTS) is 1. The molecule has 2 N–H and O–H groups in total. The fraction of sp³-hybridized carbons (Fsp3) is 0.462. The van der Waals surface area contributed by atoms with E-state index in [9.17, 15) is 9.18 Å². The Kier molecular flexibility index (Phi) is 5.74. The average molecular weight is 255 g/mol. The summed E-state index contributed by atoms with van der Waals surface area (Å²) in [5.41, 5.74) is 0.391. The predicted molar refractivity (Wildman–Crippen MR) is 66.0 cm³/mol. The number of carboxylic acids is 1. The van der Waals surface area contributed by atoms with E-state index in [4.69, 9.17) is 10.2 Å². The summed E-state index contributed by atoms with van der Waals surface area (Å²) in [5, 5.41) is 17.6. The number of carbonyl (C=O) groups is 1. The number of hydrogen-bond donors (Lipinski definition) is 2. The highest BCUT2D eigenvalue weighted by Crippen LogP contribution is 2.12. The first-order valence-electron chi connectivity index (χ1n) is 5.93. The molecule has 0 aliphatic rings. The summed E-state index contributed by atoms with van der Waals surface area (Å²) in [6, 6.07) is 4.12. The number of halogens is 1. The molecule has 0 spiro atoms. The van der Waals surface area contributed by atoms with Gasteiger partial charge in [0.1, 0.15) is 5.82 Å². The van der Waals surface area contributed by atoms with Crippen molar-refractivity contribution >= 4 is 5.97 Å². The van der Waals surface area contributed by atoms with Gasteiger partial charge in [-0.05, 0) is 30.7 Å². The molecule has 0 saturated heterocycles. The van der Waals surface area contributed by atoms with Gasteiger partial charge in [-0.15, -0.1) is 0 Å². The summed E-state index contributed by atoms with van der Waals surface area (Å²) < 4.78 is 13.5. The fourth-order valence-corrected chi connectivity index (χ4v) is 1.82. The van der Waals surface area contributed by atoms with E-state index >= 15 is 0 Å². The lowest BCUT2D eigenvalue weighted by molar-refractivity contribution is 0.0692. The normalized spacial score (nSPS) is 10.9. The van der Waals surface area contributed by atoms with Crippen LogP contribution in [0.15, 0.2) is 18.2 Å². The van der Waals surface area contributed by atoms with Gasteiger partial charge in [0.25, 0.3) is 0 Å². The van der Waals surface area contributed by atoms with E-state index in [0.717, 1.165) is 13.0 Å². The molecule has 0 unspecified atom stereocenters. The van der Waals surface area contributed by atoms with Gasteiger partial charge in [-0.1, -0.05) is 13.0 Å². The van der Waals surface area contributed by atoms with Gasteiger partial charge in [0.2, 0.25) is 0 Å². The van der Waals surface area contributed by atoms with E-state index in [0.29, 0.717) is 18.7 Å². The van der Waals surface area contributed by atoms with Crippen LogP contribution in [0.3, 0.4) is 0 Å². The molecule has 0 saturated carbocycles. The maximum Gasteiger partial charge on any atom is 0.338 e. The van der Waals surface area contributed by atoms with E-state index < -0.39 is 11.8 Å². The number of rotatable bonds is 7. The Bertz CT molecular complexity index is 403. The number of benzene rings is 1. The van der Waals surface area contributed by atoms with Gasteiger partial charge in [0.05, 0.1) is 12.2 Å². The number of aromatic carboxylic acids is 1. The molecule has 5 heteroatoms. The summed E-state index contributed by atoms with van der Waals surface area (Å²) in [6.07, 6.45) is 0.940. The minimum Gasteiger partial charge on any atom is -0.478 e. The molecule has 0 heterocycles. The molecular formula is C13H18FNO3. The number of nitrogens with zero attached hydrogens (tertiary/aromatic N) is 1. The largest absolute Gasteiger partial charge is 0.478 e. The molecular weight excluding hydrogens is 237 g/mol. The number of hydrogen-bond acceptors (Lipinski definition) is 3. The molecule has 0 aliphatic carbocycles. The second-order valence-corrected chi connectivity index (χ2v) is 4.12. The van der Waals surface area contributed by atoms with Gasteiger partial charge in [0, 0.05) is 13.1 Å². The number of aliphatic hydroxyl groups is 1. The van der Waals surface area contributed by atoms with Crippen molar-refractivity contribution in [2.75, 3.05) is 19.7 Å². The smallest absolute Gasteiger partial charge is 0.338 e. The highest BCUT2D eigenvalue weighted by atomic mass is 19.1. The molecule has 0 fully saturated rings. The van der Waals surface area contributed by atoms with Gasteiger partial charge in [-0.2, -0.15) is 0 Å². The van der Waals surface area contributed by atoms with E-state index in [2.05, 4.69) is 0 Å². The Morgan fingerprint density at radius 3 is 2.61 bits per heavy atom. The molecule has 4 nitrogen and oxygen atoms in total. The van der Waals surface area contributed by atoms with E-state index in [1.54, 1.807) is 6.07 Å². The van der Waals surface area contributed by atoms with Gasteiger partial charge >= 0.3 is 5.97 Å². The average Bonchev–Trinajstić information content (AvgIpc) is 2.29. The fourth-order valence-electron chi connectivity index (χ4n) is 1.82. The van der Waals surface area contributed by atoms with Crippen LogP contribution in [0.25, 0.3) is 0 Å². The van der Waals surface area contributed by atoms with Gasteiger partial charge in [0.15, 0.2) is 0 Å². The second-order valence-electron chi connectivity index (χ2n) is 4.12. The maximum atomic E-state index is 13.5. The van der Waals surface area contributed by atoms with Crippen LogP contribution in [0, 0.1) is 5.82 Å². The summed E-state index contributed by atoms with van der Waals surface area (Å²) in [7, 11) is 0. The molecule has 18 heavy (non-hydrogen) atoms. The molecule has 1 aromatic carbocycles. The van der Waals surface area contributed by atoms with Crippen molar-refractivity contribution in [1.29, 1.82) is 0 Å². The van der Waals surface area contributed by atoms with Crippen LogP contribution in [0.4, 0.5) is 4.39 Å². The second kappa shape index (κ2) is 7.08. The maximum absolute atomic E-state index is 13.5. The van der Waals surface area contributed by atoms with Crippen molar-refractivity contribution in [2.24, 2.45) is 0 Å². The Morgan fingerprint density at radius 1 is 1.39 bits per heavy atom. The summed E-state index contributed by atoms with van der Waals surface area (Å²) >= 11 is 0. The topological polar surface area (TPSA) is 60.8 Å². The molecule has 1 rings (SSSR count). The first kappa shape index (κ1) is 14.6. The Hall–Kier alpha value is -1.46. The van der Waals surface area contributed by atoms with Crippen LogP contribution in [0.1, 0.15) is 29.3 Å². The third-order valence-corrected chi connectivity index (χ3v) is 2.63. The predicted octanol–water partition coefficient (Wildman–Crippen LogP) is 1.73. The summed E-state index contributed by atoms with van der Waals surface area (Å²) in [4.78, 5) is 12.7. The van der Waals surface area contributed by atoms with Gasteiger partial charge in [-0.3, -0.25) is 4.90 Å². The molecule has 0 atom stereocenters. The molecule has 1 aromatic rings. The Balaban J connectivity index is 2.77. The van der Waals surface area contributed by atoms with Gasteiger partial charge < -0.3 is 10.2 Å². The lowest BCUT2D eigenvalue weighted by Gasteiger charge is -2.20. The molecule has 0 amide bonds. The standard InChI is InChI=1S/C13H18FNO3/c1-2-5-15(6-7-16)9-10-3-4-11(13(17)18)12(14)8-10/h3-4,8,16H,2,5-7,9H2,1H3,(H,17,18). The monoisotopic (exact) mass is 255 g/mol. The van der Waals surface area contributed by atoms with Crippen LogP contribution in [0.5, 0.6) is 0 Å². The van der Waals surface area contributed by atoms with Gasteiger partial charge in [-0.25, -0.2) is 9.18 Å². The van der Waals surface area contributed by atoms with Crippen molar-refractivity contribution in [1.82, 2.24) is 4.90 Å². The molecule has 0 bridgehead atoms. The minimum absolute atomic E-state index is 0.0513. The SMILES string of the molecule is CCCN(CCO)Cc1ccc(C(=O)O)c(F)c1. The van der Waals surface area contributed by atoms with E-state index in [-0.39, 0.29) is 12.2 Å². The minimum atomic E-state index is -1.26. The molecule has 0 radical (unpaired) electrons. The zero-order chi connectivity index (χ0) is 13.5. The van der Waals surface area contributed by atoms with Crippen LogP contribution < -0.4 is 0 Å². The summed E-state index contributed by atoms with van der Waals surface area (Å²) in [5.74, 6) is -1.99. The van der Waals surface area contributed by atoms with E-state index in [1.165, 1.54) is 12.1 Å². The molecule has 100 valence electrons.